The predicted octanol–water partition coefficient (Wildman–Crippen LogP) is 2.10. The minimum Gasteiger partial charge on any atom is -0.476 e. The Morgan fingerprint density at radius 3 is 2.74 bits per heavy atom. The molecule has 0 atom stereocenters. The molecule has 0 spiro atoms. The summed E-state index contributed by atoms with van der Waals surface area (Å²) < 4.78 is 39.4. The van der Waals surface area contributed by atoms with Crippen LogP contribution in [0.3, 0.4) is 0 Å². The van der Waals surface area contributed by atoms with Crippen molar-refractivity contribution in [2.24, 2.45) is 0 Å². The lowest BCUT2D eigenvalue weighted by Gasteiger charge is -2.06. The molecule has 0 aliphatic rings. The van der Waals surface area contributed by atoms with Crippen LogP contribution < -0.4 is 0 Å². The Morgan fingerprint density at radius 2 is 2.16 bits per heavy atom. The SMILES string of the molecule is O=C(O)c1nnn(Cc2cccc(F)c2)c1C(F)F. The van der Waals surface area contributed by atoms with E-state index in [0.717, 1.165) is 10.7 Å². The lowest BCUT2D eigenvalue weighted by Crippen LogP contribution is -2.10. The Bertz CT molecular complexity index is 613. The molecule has 1 aromatic heterocycles. The summed E-state index contributed by atoms with van der Waals surface area (Å²) >= 11 is 0. The topological polar surface area (TPSA) is 68.0 Å². The van der Waals surface area contributed by atoms with E-state index in [0.29, 0.717) is 5.56 Å². The average molecular weight is 271 g/mol. The van der Waals surface area contributed by atoms with Crippen LogP contribution in [0.15, 0.2) is 24.3 Å². The fourth-order valence-corrected chi connectivity index (χ4v) is 1.61. The molecule has 0 radical (unpaired) electrons. The summed E-state index contributed by atoms with van der Waals surface area (Å²) in [6.07, 6.45) is -3.03. The van der Waals surface area contributed by atoms with Crippen molar-refractivity contribution in [2.45, 2.75) is 13.0 Å². The van der Waals surface area contributed by atoms with Gasteiger partial charge in [-0.1, -0.05) is 17.3 Å². The van der Waals surface area contributed by atoms with E-state index >= 15 is 0 Å². The van der Waals surface area contributed by atoms with Gasteiger partial charge >= 0.3 is 5.97 Å². The van der Waals surface area contributed by atoms with Crippen molar-refractivity contribution in [2.75, 3.05) is 0 Å². The van der Waals surface area contributed by atoms with Crippen LogP contribution in [0.1, 0.15) is 28.2 Å². The molecule has 0 saturated carbocycles. The highest BCUT2D eigenvalue weighted by atomic mass is 19.3. The first-order valence-corrected chi connectivity index (χ1v) is 5.18. The lowest BCUT2D eigenvalue weighted by molar-refractivity contribution is 0.0675. The van der Waals surface area contributed by atoms with Gasteiger partial charge in [0.15, 0.2) is 5.69 Å². The maximum absolute atomic E-state index is 13.0. The van der Waals surface area contributed by atoms with Gasteiger partial charge in [0.25, 0.3) is 6.43 Å². The van der Waals surface area contributed by atoms with Gasteiger partial charge in [0.1, 0.15) is 11.5 Å². The van der Waals surface area contributed by atoms with Crippen molar-refractivity contribution in [1.29, 1.82) is 0 Å². The van der Waals surface area contributed by atoms with E-state index in [1.807, 2.05) is 0 Å². The summed E-state index contributed by atoms with van der Waals surface area (Å²) in [5.41, 5.74) is -1.22. The molecule has 2 aromatic rings. The van der Waals surface area contributed by atoms with Gasteiger partial charge < -0.3 is 5.11 Å². The normalized spacial score (nSPS) is 10.9. The number of carboxylic acid groups (broad SMARTS) is 1. The fraction of sp³-hybridized carbons (Fsp3) is 0.182. The molecule has 1 N–H and O–H groups in total. The van der Waals surface area contributed by atoms with Gasteiger partial charge in [-0.25, -0.2) is 22.6 Å². The van der Waals surface area contributed by atoms with Crippen molar-refractivity contribution < 1.29 is 23.1 Å². The zero-order valence-electron chi connectivity index (χ0n) is 9.42. The summed E-state index contributed by atoms with van der Waals surface area (Å²) in [6, 6.07) is 5.29. The van der Waals surface area contributed by atoms with Gasteiger partial charge in [0.05, 0.1) is 6.54 Å². The Morgan fingerprint density at radius 1 is 1.42 bits per heavy atom. The number of carboxylic acids is 1. The molecule has 0 bridgehead atoms. The largest absolute Gasteiger partial charge is 0.476 e. The third-order valence-corrected chi connectivity index (χ3v) is 2.40. The van der Waals surface area contributed by atoms with E-state index in [-0.39, 0.29) is 6.54 Å². The second-order valence-electron chi connectivity index (χ2n) is 3.72. The van der Waals surface area contributed by atoms with Gasteiger partial charge in [0, 0.05) is 0 Å². The molecular weight excluding hydrogens is 263 g/mol. The molecule has 8 heteroatoms. The molecule has 1 aromatic carbocycles. The van der Waals surface area contributed by atoms with Gasteiger partial charge in [-0.05, 0) is 17.7 Å². The molecule has 0 aliphatic heterocycles. The highest BCUT2D eigenvalue weighted by molar-refractivity contribution is 5.86. The minimum absolute atomic E-state index is 0.183. The fourth-order valence-electron chi connectivity index (χ4n) is 1.61. The van der Waals surface area contributed by atoms with Crippen molar-refractivity contribution in [1.82, 2.24) is 15.0 Å². The molecule has 1 heterocycles. The number of benzene rings is 1. The molecule has 0 aliphatic carbocycles. The number of alkyl halides is 2. The monoisotopic (exact) mass is 271 g/mol. The third-order valence-electron chi connectivity index (χ3n) is 2.40. The van der Waals surface area contributed by atoms with E-state index in [9.17, 15) is 18.0 Å². The molecule has 0 saturated heterocycles. The van der Waals surface area contributed by atoms with Crippen LogP contribution in [0.2, 0.25) is 0 Å². The van der Waals surface area contributed by atoms with E-state index in [4.69, 9.17) is 5.11 Å². The van der Waals surface area contributed by atoms with Crippen LogP contribution in [-0.4, -0.2) is 26.1 Å². The second kappa shape index (κ2) is 5.09. The second-order valence-corrected chi connectivity index (χ2v) is 3.72. The molecule has 0 unspecified atom stereocenters. The maximum Gasteiger partial charge on any atom is 0.358 e. The number of aromatic nitrogens is 3. The Balaban J connectivity index is 2.38. The highest BCUT2D eigenvalue weighted by Gasteiger charge is 2.26. The molecular formula is C11H8F3N3O2. The summed E-state index contributed by atoms with van der Waals surface area (Å²) in [5, 5.41) is 15.3. The number of hydrogen-bond donors (Lipinski definition) is 1. The zero-order valence-corrected chi connectivity index (χ0v) is 9.42. The van der Waals surface area contributed by atoms with Crippen LogP contribution in [0.5, 0.6) is 0 Å². The van der Waals surface area contributed by atoms with Gasteiger partial charge in [0.2, 0.25) is 0 Å². The van der Waals surface area contributed by atoms with Crippen LogP contribution in [0.25, 0.3) is 0 Å². The number of hydrogen-bond acceptors (Lipinski definition) is 3. The van der Waals surface area contributed by atoms with Crippen LogP contribution >= 0.6 is 0 Å². The Labute approximate surface area is 105 Å². The van der Waals surface area contributed by atoms with E-state index < -0.39 is 29.6 Å². The number of nitrogens with zero attached hydrogens (tertiary/aromatic N) is 3. The summed E-state index contributed by atoms with van der Waals surface area (Å²) in [6.45, 7) is -0.183. The lowest BCUT2D eigenvalue weighted by atomic mass is 10.2. The molecule has 0 fully saturated rings. The minimum atomic E-state index is -3.03. The Hall–Kier alpha value is -2.38. The Kier molecular flexibility index (Phi) is 3.50. The van der Waals surface area contributed by atoms with Crippen LogP contribution in [0, 0.1) is 5.82 Å². The number of rotatable bonds is 4. The first-order valence-electron chi connectivity index (χ1n) is 5.18. The zero-order chi connectivity index (χ0) is 14.0. The van der Waals surface area contributed by atoms with E-state index in [1.165, 1.54) is 18.2 Å². The number of halogens is 3. The molecule has 100 valence electrons. The first kappa shape index (κ1) is 13.1. The van der Waals surface area contributed by atoms with Crippen molar-refractivity contribution in [3.05, 3.63) is 47.0 Å². The average Bonchev–Trinajstić information content (AvgIpc) is 2.73. The van der Waals surface area contributed by atoms with E-state index in [2.05, 4.69) is 10.3 Å². The summed E-state index contributed by atoms with van der Waals surface area (Å²) in [5.74, 6) is -2.10. The molecule has 5 nitrogen and oxygen atoms in total. The summed E-state index contributed by atoms with van der Waals surface area (Å²) in [7, 11) is 0. The number of carbonyl (C=O) groups is 1. The third kappa shape index (κ3) is 2.72. The maximum atomic E-state index is 13.0. The van der Waals surface area contributed by atoms with Crippen molar-refractivity contribution >= 4 is 5.97 Å². The molecule has 19 heavy (non-hydrogen) atoms. The van der Waals surface area contributed by atoms with Crippen molar-refractivity contribution in [3.8, 4) is 0 Å². The van der Waals surface area contributed by atoms with Crippen LogP contribution in [-0.2, 0) is 6.54 Å². The highest BCUT2D eigenvalue weighted by Crippen LogP contribution is 2.22. The van der Waals surface area contributed by atoms with Gasteiger partial charge in [-0.2, -0.15) is 0 Å². The molecule has 2 rings (SSSR count). The van der Waals surface area contributed by atoms with Gasteiger partial charge in [-0.15, -0.1) is 5.10 Å². The first-order chi connectivity index (χ1) is 8.99. The van der Waals surface area contributed by atoms with Gasteiger partial charge in [-0.3, -0.25) is 0 Å². The molecule has 0 amide bonds. The quantitative estimate of drug-likeness (QED) is 0.924. The van der Waals surface area contributed by atoms with Crippen LogP contribution in [0.4, 0.5) is 13.2 Å². The smallest absolute Gasteiger partial charge is 0.358 e. The number of aromatic carboxylic acids is 1. The van der Waals surface area contributed by atoms with E-state index in [1.54, 1.807) is 0 Å². The predicted molar refractivity (Wildman–Crippen MR) is 57.4 cm³/mol. The van der Waals surface area contributed by atoms with Crippen molar-refractivity contribution in [3.63, 3.8) is 0 Å². The summed E-state index contributed by atoms with van der Waals surface area (Å²) in [4.78, 5) is 10.7. The standard InChI is InChI=1S/C11H8F3N3O2/c12-7-3-1-2-6(4-7)5-17-9(10(13)14)8(11(18)19)15-16-17/h1-4,10H,5H2,(H,18,19).